The van der Waals surface area contributed by atoms with Crippen molar-refractivity contribution < 1.29 is 9.66 Å². The lowest BCUT2D eigenvalue weighted by Crippen LogP contribution is -2.26. The molecule has 2 rings (SSSR count). The maximum atomic E-state index is 11.1. The van der Waals surface area contributed by atoms with E-state index in [1.807, 2.05) is 6.92 Å². The van der Waals surface area contributed by atoms with Gasteiger partial charge in [0.05, 0.1) is 11.5 Å². The second-order valence-electron chi connectivity index (χ2n) is 4.66. The van der Waals surface area contributed by atoms with Crippen LogP contribution in [0.1, 0.15) is 13.3 Å². The Kier molecular flexibility index (Phi) is 4.18. The number of para-hydroxylation sites is 1. The van der Waals surface area contributed by atoms with Crippen molar-refractivity contribution in [2.24, 2.45) is 11.8 Å². The lowest BCUT2D eigenvalue weighted by Gasteiger charge is -2.20. The molecule has 4 N–H and O–H groups in total. The summed E-state index contributed by atoms with van der Waals surface area (Å²) in [6, 6.07) is 5.09. The molecule has 1 aliphatic rings. The zero-order valence-corrected chi connectivity index (χ0v) is 10.8. The van der Waals surface area contributed by atoms with E-state index < -0.39 is 4.92 Å². The van der Waals surface area contributed by atoms with Crippen LogP contribution in [0.3, 0.4) is 0 Å². The van der Waals surface area contributed by atoms with Gasteiger partial charge >= 0.3 is 5.69 Å². The Morgan fingerprint density at radius 1 is 1.53 bits per heavy atom. The van der Waals surface area contributed by atoms with E-state index in [0.29, 0.717) is 23.9 Å². The number of nitro groups is 1. The van der Waals surface area contributed by atoms with Crippen LogP contribution < -0.4 is 16.6 Å². The summed E-state index contributed by atoms with van der Waals surface area (Å²) in [7, 11) is 0. The molecule has 1 aliphatic heterocycles. The number of nitrogen functional groups attached to an aromatic ring is 1. The third kappa shape index (κ3) is 2.94. The fourth-order valence-electron chi connectivity index (χ4n) is 2.28. The molecule has 2 atom stereocenters. The molecule has 104 valence electrons. The lowest BCUT2D eigenvalue weighted by atomic mass is 10.0. The summed E-state index contributed by atoms with van der Waals surface area (Å²) < 4.78 is 5.33. The maximum absolute atomic E-state index is 11.1. The molecule has 0 bridgehead atoms. The van der Waals surface area contributed by atoms with Crippen molar-refractivity contribution in [2.75, 3.05) is 24.0 Å². The summed E-state index contributed by atoms with van der Waals surface area (Å²) in [5, 5.41) is 14.3. The van der Waals surface area contributed by atoms with E-state index in [2.05, 4.69) is 10.7 Å². The van der Waals surface area contributed by atoms with Gasteiger partial charge in [0.2, 0.25) is 0 Å². The Labute approximate surface area is 111 Å². The minimum atomic E-state index is -0.435. The highest BCUT2D eigenvalue weighted by atomic mass is 16.6. The quantitative estimate of drug-likeness (QED) is 0.426. The fourth-order valence-corrected chi connectivity index (χ4v) is 2.28. The molecule has 1 saturated heterocycles. The Hall–Kier alpha value is -1.86. The number of benzene rings is 1. The number of hydrogen-bond acceptors (Lipinski definition) is 6. The molecule has 7 heteroatoms. The van der Waals surface area contributed by atoms with E-state index in [4.69, 9.17) is 10.6 Å². The smallest absolute Gasteiger partial charge is 0.316 e. The van der Waals surface area contributed by atoms with Crippen LogP contribution >= 0.6 is 0 Å². The average molecular weight is 266 g/mol. The van der Waals surface area contributed by atoms with Gasteiger partial charge in [-0.1, -0.05) is 6.07 Å². The van der Waals surface area contributed by atoms with Crippen LogP contribution in [0.5, 0.6) is 0 Å². The van der Waals surface area contributed by atoms with Crippen LogP contribution in [-0.2, 0) is 4.74 Å². The number of nitrogens with two attached hydrogens (primary N) is 1. The minimum Gasteiger partial charge on any atom is -0.381 e. The van der Waals surface area contributed by atoms with E-state index in [-0.39, 0.29) is 11.7 Å². The van der Waals surface area contributed by atoms with Crippen LogP contribution in [0.4, 0.5) is 17.1 Å². The maximum Gasteiger partial charge on any atom is 0.316 e. The minimum absolute atomic E-state index is 0.0317. The fraction of sp³-hybridized carbons (Fsp3) is 0.500. The number of nitrogens with zero attached hydrogens (tertiary/aromatic N) is 1. The van der Waals surface area contributed by atoms with E-state index in [0.717, 1.165) is 13.0 Å². The summed E-state index contributed by atoms with van der Waals surface area (Å²) in [5.74, 6) is 5.68. The molecule has 1 heterocycles. The van der Waals surface area contributed by atoms with Gasteiger partial charge in [-0.25, -0.2) is 0 Å². The Bertz CT molecular complexity index is 460. The molecule has 0 amide bonds. The second kappa shape index (κ2) is 5.85. The SMILES string of the molecule is CC(Nc1cccc(NN)c1[N+](=O)[O-])C1CCOC1. The molecule has 7 nitrogen and oxygen atoms in total. The van der Waals surface area contributed by atoms with Crippen LogP contribution in [0, 0.1) is 16.0 Å². The highest BCUT2D eigenvalue weighted by molar-refractivity contribution is 5.76. The van der Waals surface area contributed by atoms with Crippen molar-refractivity contribution in [3.8, 4) is 0 Å². The van der Waals surface area contributed by atoms with Crippen LogP contribution in [0.15, 0.2) is 18.2 Å². The van der Waals surface area contributed by atoms with Crippen LogP contribution in [-0.4, -0.2) is 24.2 Å². The van der Waals surface area contributed by atoms with Gasteiger partial charge in [-0.05, 0) is 25.5 Å². The molecular weight excluding hydrogens is 248 g/mol. The lowest BCUT2D eigenvalue weighted by molar-refractivity contribution is -0.383. The number of nitrogens with one attached hydrogen (secondary N) is 2. The monoisotopic (exact) mass is 266 g/mol. The summed E-state index contributed by atoms with van der Waals surface area (Å²) in [5.41, 5.74) is 3.09. The highest BCUT2D eigenvalue weighted by Gasteiger charge is 2.25. The average Bonchev–Trinajstić information content (AvgIpc) is 2.92. The van der Waals surface area contributed by atoms with E-state index in [9.17, 15) is 10.1 Å². The largest absolute Gasteiger partial charge is 0.381 e. The topological polar surface area (TPSA) is 102 Å². The van der Waals surface area contributed by atoms with Gasteiger partial charge in [-0.2, -0.15) is 0 Å². The van der Waals surface area contributed by atoms with Gasteiger partial charge in [0.1, 0.15) is 11.4 Å². The van der Waals surface area contributed by atoms with E-state index >= 15 is 0 Å². The van der Waals surface area contributed by atoms with Crippen molar-refractivity contribution in [1.29, 1.82) is 0 Å². The first-order valence-corrected chi connectivity index (χ1v) is 6.21. The van der Waals surface area contributed by atoms with Gasteiger partial charge in [0.15, 0.2) is 0 Å². The molecule has 1 aromatic carbocycles. The van der Waals surface area contributed by atoms with Gasteiger partial charge in [0.25, 0.3) is 0 Å². The Morgan fingerprint density at radius 3 is 2.84 bits per heavy atom. The summed E-state index contributed by atoms with van der Waals surface area (Å²) in [6.07, 6.45) is 0.969. The molecule has 0 radical (unpaired) electrons. The molecule has 0 saturated carbocycles. The van der Waals surface area contributed by atoms with Gasteiger partial charge in [-0.15, -0.1) is 0 Å². The first kappa shape index (κ1) is 13.6. The molecule has 1 aromatic rings. The van der Waals surface area contributed by atoms with Crippen molar-refractivity contribution >= 4 is 17.1 Å². The zero-order chi connectivity index (χ0) is 13.8. The first-order chi connectivity index (χ1) is 9.13. The van der Waals surface area contributed by atoms with Crippen molar-refractivity contribution in [3.63, 3.8) is 0 Å². The molecule has 0 aromatic heterocycles. The normalized spacial score (nSPS) is 20.0. The Morgan fingerprint density at radius 2 is 2.26 bits per heavy atom. The van der Waals surface area contributed by atoms with Gasteiger partial charge in [-0.3, -0.25) is 16.0 Å². The standard InChI is InChI=1S/C12H18N4O3/c1-8(9-5-6-19-7-9)14-10-3-2-4-11(15-13)12(10)16(17)18/h2-4,8-9,14-15H,5-7,13H2,1H3. The van der Waals surface area contributed by atoms with Crippen molar-refractivity contribution in [1.82, 2.24) is 0 Å². The molecule has 1 fully saturated rings. The summed E-state index contributed by atoms with van der Waals surface area (Å²) in [4.78, 5) is 10.7. The second-order valence-corrected chi connectivity index (χ2v) is 4.66. The van der Waals surface area contributed by atoms with Gasteiger partial charge < -0.3 is 15.5 Å². The molecule has 2 unspecified atom stereocenters. The number of nitro benzene ring substituents is 1. The predicted octanol–water partition coefficient (Wildman–Crippen LogP) is 1.72. The molecular formula is C12H18N4O3. The van der Waals surface area contributed by atoms with Crippen molar-refractivity contribution in [2.45, 2.75) is 19.4 Å². The Balaban J connectivity index is 2.21. The number of hydrazine groups is 1. The van der Waals surface area contributed by atoms with Crippen molar-refractivity contribution in [3.05, 3.63) is 28.3 Å². The zero-order valence-electron chi connectivity index (χ0n) is 10.8. The number of rotatable bonds is 5. The third-order valence-electron chi connectivity index (χ3n) is 3.43. The van der Waals surface area contributed by atoms with Crippen LogP contribution in [0.2, 0.25) is 0 Å². The van der Waals surface area contributed by atoms with E-state index in [1.165, 1.54) is 0 Å². The predicted molar refractivity (Wildman–Crippen MR) is 72.9 cm³/mol. The number of hydrogen-bond donors (Lipinski definition) is 3. The molecule has 0 spiro atoms. The van der Waals surface area contributed by atoms with Crippen LogP contribution in [0.25, 0.3) is 0 Å². The van der Waals surface area contributed by atoms with Gasteiger partial charge in [0, 0.05) is 18.6 Å². The number of anilines is 2. The number of ether oxygens (including phenoxy) is 1. The molecule has 0 aliphatic carbocycles. The highest BCUT2D eigenvalue weighted by Crippen LogP contribution is 2.33. The molecule has 19 heavy (non-hydrogen) atoms. The first-order valence-electron chi connectivity index (χ1n) is 6.21. The van der Waals surface area contributed by atoms with E-state index in [1.54, 1.807) is 18.2 Å². The summed E-state index contributed by atoms with van der Waals surface area (Å²) in [6.45, 7) is 3.45. The third-order valence-corrected chi connectivity index (χ3v) is 3.43. The summed E-state index contributed by atoms with van der Waals surface area (Å²) >= 11 is 0.